The van der Waals surface area contributed by atoms with Gasteiger partial charge >= 0.3 is 5.97 Å². The van der Waals surface area contributed by atoms with E-state index in [1.807, 2.05) is 0 Å². The van der Waals surface area contributed by atoms with Crippen LogP contribution >= 0.6 is 0 Å². The Morgan fingerprint density at radius 1 is 0.812 bits per heavy atom. The van der Waals surface area contributed by atoms with Gasteiger partial charge in [0.15, 0.2) is 34.9 Å². The minimum Gasteiger partial charge on any atom is -0.508 e. The normalized spacial score (nSPS) is 17.2. The van der Waals surface area contributed by atoms with Gasteiger partial charge in [-0.2, -0.15) is 0 Å². The van der Waals surface area contributed by atoms with Crippen molar-refractivity contribution in [3.05, 3.63) is 59.2 Å². The summed E-state index contributed by atoms with van der Waals surface area (Å²) in [7, 11) is 0. The van der Waals surface area contributed by atoms with Gasteiger partial charge < -0.3 is 45.2 Å². The Hall–Kier alpha value is -4.47. The minimum absolute atomic E-state index is 0.0461. The van der Waals surface area contributed by atoms with Crippen LogP contribution in [0.4, 0.5) is 0 Å². The molecule has 0 saturated heterocycles. The maximum atomic E-state index is 12.7. The van der Waals surface area contributed by atoms with Crippen molar-refractivity contribution in [3.8, 4) is 46.0 Å². The van der Waals surface area contributed by atoms with E-state index in [9.17, 15) is 40.5 Å². The Kier molecular flexibility index (Phi) is 4.97. The number of phenols is 7. The van der Waals surface area contributed by atoms with Crippen LogP contribution in [0.25, 0.3) is 0 Å². The van der Waals surface area contributed by atoms with Crippen LogP contribution < -0.4 is 4.74 Å². The number of rotatable bonds is 3. The number of ether oxygens (including phenoxy) is 2. The zero-order valence-electron chi connectivity index (χ0n) is 16.3. The number of aromatic hydroxyl groups is 7. The first-order valence-electron chi connectivity index (χ1n) is 9.33. The van der Waals surface area contributed by atoms with Crippen molar-refractivity contribution in [2.24, 2.45) is 0 Å². The molecule has 10 heteroatoms. The Morgan fingerprint density at radius 3 is 2.16 bits per heavy atom. The van der Waals surface area contributed by atoms with Crippen LogP contribution in [-0.2, 0) is 11.2 Å². The standard InChI is InChI=1S/C22H18O10/c23-11-6-14(25)12-8-19(32-22(30)10-4-16(27)20(29)17(28)5-10)21(31-18(12)7-11)9-1-2-13(24)15(26)3-9/h1-7,19,21,23-29H,8H2/t19?,21-/m0/s1. The number of hydrogen-bond donors (Lipinski definition) is 7. The molecule has 0 saturated carbocycles. The summed E-state index contributed by atoms with van der Waals surface area (Å²) in [5, 5.41) is 68.2. The Bertz CT molecular complexity index is 1200. The molecule has 32 heavy (non-hydrogen) atoms. The molecule has 0 bridgehead atoms. The van der Waals surface area contributed by atoms with Crippen LogP contribution in [0, 0.1) is 0 Å². The number of carbonyl (C=O) groups is 1. The van der Waals surface area contributed by atoms with Crippen LogP contribution in [0.1, 0.15) is 27.6 Å². The zero-order valence-corrected chi connectivity index (χ0v) is 16.3. The predicted octanol–water partition coefficient (Wildman–Crippen LogP) is 2.53. The average Bonchev–Trinajstić information content (AvgIpc) is 2.73. The first-order chi connectivity index (χ1) is 15.1. The summed E-state index contributed by atoms with van der Waals surface area (Å²) in [5.74, 6) is -4.43. The van der Waals surface area contributed by atoms with Crippen molar-refractivity contribution >= 4 is 5.97 Å². The van der Waals surface area contributed by atoms with Gasteiger partial charge in [-0.15, -0.1) is 0 Å². The Labute approximate surface area is 180 Å². The highest BCUT2D eigenvalue weighted by Gasteiger charge is 2.37. The van der Waals surface area contributed by atoms with E-state index in [0.29, 0.717) is 5.56 Å². The third-order valence-electron chi connectivity index (χ3n) is 5.06. The van der Waals surface area contributed by atoms with Gasteiger partial charge in [0.25, 0.3) is 0 Å². The molecule has 4 rings (SSSR count). The molecule has 0 fully saturated rings. The van der Waals surface area contributed by atoms with E-state index in [2.05, 4.69) is 0 Å². The molecule has 10 nitrogen and oxygen atoms in total. The Morgan fingerprint density at radius 2 is 1.50 bits per heavy atom. The minimum atomic E-state index is -1.06. The molecule has 0 radical (unpaired) electrons. The fourth-order valence-corrected chi connectivity index (χ4v) is 3.48. The molecule has 166 valence electrons. The number of hydrogen-bond acceptors (Lipinski definition) is 10. The first-order valence-corrected chi connectivity index (χ1v) is 9.33. The average molecular weight is 442 g/mol. The fourth-order valence-electron chi connectivity index (χ4n) is 3.48. The van der Waals surface area contributed by atoms with Gasteiger partial charge in [-0.05, 0) is 24.3 Å². The highest BCUT2D eigenvalue weighted by Crippen LogP contribution is 2.44. The summed E-state index contributed by atoms with van der Waals surface area (Å²) in [6.07, 6.45) is -2.12. The van der Waals surface area contributed by atoms with Gasteiger partial charge in [0, 0.05) is 29.7 Å². The number of phenolic OH excluding ortho intramolecular Hbond substituents is 7. The summed E-state index contributed by atoms with van der Waals surface area (Å²) in [5.41, 5.74) is 0.324. The lowest BCUT2D eigenvalue weighted by Crippen LogP contribution is -2.34. The molecular weight excluding hydrogens is 424 g/mol. The molecule has 0 aliphatic carbocycles. The molecule has 1 aliphatic heterocycles. The molecule has 7 N–H and O–H groups in total. The monoisotopic (exact) mass is 442 g/mol. The fraction of sp³-hybridized carbons (Fsp3) is 0.136. The molecule has 1 heterocycles. The van der Waals surface area contributed by atoms with E-state index in [1.165, 1.54) is 24.3 Å². The molecule has 2 atom stereocenters. The number of fused-ring (bicyclic) bond motifs is 1. The molecule has 1 unspecified atom stereocenters. The van der Waals surface area contributed by atoms with E-state index >= 15 is 0 Å². The maximum Gasteiger partial charge on any atom is 0.338 e. The topological polar surface area (TPSA) is 177 Å². The third kappa shape index (κ3) is 3.69. The predicted molar refractivity (Wildman–Crippen MR) is 107 cm³/mol. The maximum absolute atomic E-state index is 12.7. The van der Waals surface area contributed by atoms with Crippen molar-refractivity contribution in [1.29, 1.82) is 0 Å². The quantitative estimate of drug-likeness (QED) is 0.235. The lowest BCUT2D eigenvalue weighted by atomic mass is 9.93. The highest BCUT2D eigenvalue weighted by atomic mass is 16.6. The van der Waals surface area contributed by atoms with Crippen molar-refractivity contribution in [3.63, 3.8) is 0 Å². The van der Waals surface area contributed by atoms with Crippen LogP contribution in [0.2, 0.25) is 0 Å². The lowest BCUT2D eigenvalue weighted by Gasteiger charge is -2.34. The second-order valence-corrected chi connectivity index (χ2v) is 7.24. The SMILES string of the molecule is O=C(OC1Cc2c(O)cc(O)cc2O[C@H]1c1ccc(O)c(O)c1)c1cc(O)c(O)c(O)c1. The summed E-state index contributed by atoms with van der Waals surface area (Å²) in [4.78, 5) is 12.7. The second kappa shape index (κ2) is 7.65. The largest absolute Gasteiger partial charge is 0.508 e. The molecule has 1 aliphatic rings. The molecule has 3 aromatic rings. The second-order valence-electron chi connectivity index (χ2n) is 7.24. The van der Waals surface area contributed by atoms with Gasteiger partial charge in [0.2, 0.25) is 0 Å². The van der Waals surface area contributed by atoms with Crippen molar-refractivity contribution in [1.82, 2.24) is 0 Å². The summed E-state index contributed by atoms with van der Waals surface area (Å²) in [6.45, 7) is 0. The zero-order chi connectivity index (χ0) is 23.2. The number of esters is 1. The molecular formula is C22H18O10. The van der Waals surface area contributed by atoms with Crippen molar-refractivity contribution in [2.45, 2.75) is 18.6 Å². The smallest absolute Gasteiger partial charge is 0.338 e. The van der Waals surface area contributed by atoms with Gasteiger partial charge in [-0.25, -0.2) is 4.79 Å². The molecule has 0 amide bonds. The van der Waals surface area contributed by atoms with E-state index in [-0.39, 0.29) is 40.5 Å². The van der Waals surface area contributed by atoms with E-state index in [0.717, 1.165) is 18.2 Å². The third-order valence-corrected chi connectivity index (χ3v) is 5.06. The highest BCUT2D eigenvalue weighted by molar-refractivity contribution is 5.91. The molecule has 0 aromatic heterocycles. The van der Waals surface area contributed by atoms with Crippen molar-refractivity contribution in [2.75, 3.05) is 0 Å². The van der Waals surface area contributed by atoms with Gasteiger partial charge in [0.1, 0.15) is 23.4 Å². The lowest BCUT2D eigenvalue weighted by molar-refractivity contribution is -0.0189. The van der Waals surface area contributed by atoms with Crippen LogP contribution in [-0.4, -0.2) is 47.8 Å². The summed E-state index contributed by atoms with van der Waals surface area (Å²) >= 11 is 0. The van der Waals surface area contributed by atoms with E-state index < -0.39 is 41.2 Å². The number of benzene rings is 3. The Balaban J connectivity index is 1.72. The molecule has 3 aromatic carbocycles. The summed E-state index contributed by atoms with van der Waals surface area (Å²) < 4.78 is 11.4. The van der Waals surface area contributed by atoms with E-state index in [1.54, 1.807) is 0 Å². The van der Waals surface area contributed by atoms with Gasteiger partial charge in [-0.1, -0.05) is 6.07 Å². The van der Waals surface area contributed by atoms with Crippen LogP contribution in [0.5, 0.6) is 46.0 Å². The van der Waals surface area contributed by atoms with Gasteiger partial charge in [0.05, 0.1) is 5.56 Å². The summed E-state index contributed by atoms with van der Waals surface area (Å²) in [6, 6.07) is 8.07. The number of carbonyl (C=O) groups excluding carboxylic acids is 1. The van der Waals surface area contributed by atoms with Crippen LogP contribution in [0.3, 0.4) is 0 Å². The van der Waals surface area contributed by atoms with Crippen LogP contribution in [0.15, 0.2) is 42.5 Å². The first kappa shape index (κ1) is 20.8. The van der Waals surface area contributed by atoms with Crippen molar-refractivity contribution < 1.29 is 50.0 Å². The molecule has 0 spiro atoms. The van der Waals surface area contributed by atoms with Gasteiger partial charge in [-0.3, -0.25) is 0 Å². The van der Waals surface area contributed by atoms with E-state index in [4.69, 9.17) is 9.47 Å².